The Bertz CT molecular complexity index is 288. The second-order valence-electron chi connectivity index (χ2n) is 4.63. The summed E-state index contributed by atoms with van der Waals surface area (Å²) in [6.45, 7) is 3.23. The molecule has 1 aliphatic heterocycles. The lowest BCUT2D eigenvalue weighted by molar-refractivity contribution is -0.134. The van der Waals surface area contributed by atoms with Crippen LogP contribution in [0.4, 0.5) is 0 Å². The van der Waals surface area contributed by atoms with Crippen LogP contribution in [0.3, 0.4) is 0 Å². The van der Waals surface area contributed by atoms with Crippen molar-refractivity contribution in [3.05, 3.63) is 0 Å². The number of rotatable bonds is 5. The standard InChI is InChI=1S/C12H22N2O4/c1-9(15)14-5-3-10(4-6-14)12(17)13-7-11(16)8-18-2/h10-11,16H,3-8H2,1-2H3,(H,13,17). The lowest BCUT2D eigenvalue weighted by Gasteiger charge is -2.30. The molecule has 0 aromatic rings. The van der Waals surface area contributed by atoms with Gasteiger partial charge in [-0.25, -0.2) is 0 Å². The lowest BCUT2D eigenvalue weighted by Crippen LogP contribution is -2.44. The minimum atomic E-state index is -0.670. The average molecular weight is 258 g/mol. The van der Waals surface area contributed by atoms with E-state index in [1.807, 2.05) is 0 Å². The number of nitrogens with zero attached hydrogens (tertiary/aromatic N) is 1. The van der Waals surface area contributed by atoms with Gasteiger partial charge in [-0.3, -0.25) is 9.59 Å². The van der Waals surface area contributed by atoms with Crippen LogP contribution in [0.25, 0.3) is 0 Å². The van der Waals surface area contributed by atoms with Gasteiger partial charge >= 0.3 is 0 Å². The smallest absolute Gasteiger partial charge is 0.223 e. The number of methoxy groups -OCH3 is 1. The van der Waals surface area contributed by atoms with Gasteiger partial charge in [-0.05, 0) is 12.8 Å². The van der Waals surface area contributed by atoms with E-state index in [9.17, 15) is 14.7 Å². The number of hydrogen-bond acceptors (Lipinski definition) is 4. The zero-order valence-electron chi connectivity index (χ0n) is 11.0. The molecular formula is C12H22N2O4. The van der Waals surface area contributed by atoms with Crippen LogP contribution < -0.4 is 5.32 Å². The molecule has 0 aromatic carbocycles. The monoisotopic (exact) mass is 258 g/mol. The first kappa shape index (κ1) is 14.9. The van der Waals surface area contributed by atoms with E-state index in [-0.39, 0.29) is 30.9 Å². The molecular weight excluding hydrogens is 236 g/mol. The number of carbonyl (C=O) groups excluding carboxylic acids is 2. The summed E-state index contributed by atoms with van der Waals surface area (Å²) in [7, 11) is 1.50. The zero-order chi connectivity index (χ0) is 13.5. The Morgan fingerprint density at radius 3 is 2.56 bits per heavy atom. The summed E-state index contributed by atoms with van der Waals surface area (Å²) >= 11 is 0. The van der Waals surface area contributed by atoms with Crippen LogP contribution in [0.1, 0.15) is 19.8 Å². The molecule has 2 amide bonds. The Kier molecular flexibility index (Phi) is 6.07. The number of aliphatic hydroxyl groups excluding tert-OH is 1. The van der Waals surface area contributed by atoms with Gasteiger partial charge in [0.05, 0.1) is 12.7 Å². The lowest BCUT2D eigenvalue weighted by atomic mass is 9.96. The van der Waals surface area contributed by atoms with Crippen molar-refractivity contribution in [2.24, 2.45) is 5.92 Å². The Labute approximate surface area is 107 Å². The summed E-state index contributed by atoms with van der Waals surface area (Å²) in [5.74, 6) is -0.0481. The van der Waals surface area contributed by atoms with Crippen LogP contribution in [0.15, 0.2) is 0 Å². The highest BCUT2D eigenvalue weighted by atomic mass is 16.5. The molecule has 6 heteroatoms. The van der Waals surface area contributed by atoms with Gasteiger partial charge in [0, 0.05) is 39.6 Å². The summed E-state index contributed by atoms with van der Waals surface area (Å²) in [6.07, 6.45) is 0.702. The van der Waals surface area contributed by atoms with Crippen LogP contribution >= 0.6 is 0 Å². The van der Waals surface area contributed by atoms with Crippen molar-refractivity contribution in [2.45, 2.75) is 25.9 Å². The van der Waals surface area contributed by atoms with Crippen molar-refractivity contribution in [3.63, 3.8) is 0 Å². The molecule has 2 N–H and O–H groups in total. The number of ether oxygens (including phenoxy) is 1. The Hall–Kier alpha value is -1.14. The third-order valence-corrected chi connectivity index (χ3v) is 3.18. The molecule has 1 fully saturated rings. The third kappa shape index (κ3) is 4.62. The van der Waals surface area contributed by atoms with Gasteiger partial charge in [-0.2, -0.15) is 0 Å². The van der Waals surface area contributed by atoms with E-state index in [1.54, 1.807) is 11.8 Å². The molecule has 0 saturated carbocycles. The second kappa shape index (κ2) is 7.33. The fourth-order valence-electron chi connectivity index (χ4n) is 2.07. The average Bonchev–Trinajstić information content (AvgIpc) is 2.36. The summed E-state index contributed by atoms with van der Waals surface area (Å²) in [4.78, 5) is 24.7. The molecule has 18 heavy (non-hydrogen) atoms. The topological polar surface area (TPSA) is 78.9 Å². The van der Waals surface area contributed by atoms with Gasteiger partial charge in [-0.1, -0.05) is 0 Å². The fourth-order valence-corrected chi connectivity index (χ4v) is 2.07. The van der Waals surface area contributed by atoms with Gasteiger partial charge in [0.2, 0.25) is 11.8 Å². The number of nitrogens with one attached hydrogen (secondary N) is 1. The maximum absolute atomic E-state index is 11.8. The van der Waals surface area contributed by atoms with Crippen LogP contribution in [0.2, 0.25) is 0 Å². The van der Waals surface area contributed by atoms with Gasteiger partial charge in [-0.15, -0.1) is 0 Å². The fraction of sp³-hybridized carbons (Fsp3) is 0.833. The molecule has 1 aliphatic rings. The highest BCUT2D eigenvalue weighted by Crippen LogP contribution is 2.17. The molecule has 0 bridgehead atoms. The maximum atomic E-state index is 11.8. The van der Waals surface area contributed by atoms with E-state index in [1.165, 1.54) is 7.11 Å². The van der Waals surface area contributed by atoms with Crippen molar-refractivity contribution in [2.75, 3.05) is 33.4 Å². The number of carbonyl (C=O) groups is 2. The van der Waals surface area contributed by atoms with E-state index in [2.05, 4.69) is 5.32 Å². The molecule has 0 radical (unpaired) electrons. The first-order chi connectivity index (χ1) is 8.54. The van der Waals surface area contributed by atoms with Crippen molar-refractivity contribution < 1.29 is 19.4 Å². The first-order valence-electron chi connectivity index (χ1n) is 6.24. The highest BCUT2D eigenvalue weighted by Gasteiger charge is 2.25. The van der Waals surface area contributed by atoms with Crippen LogP contribution in [0.5, 0.6) is 0 Å². The predicted octanol–water partition coefficient (Wildman–Crippen LogP) is -0.632. The Morgan fingerprint density at radius 1 is 1.44 bits per heavy atom. The van der Waals surface area contributed by atoms with E-state index in [4.69, 9.17) is 4.74 Å². The molecule has 1 saturated heterocycles. The zero-order valence-corrected chi connectivity index (χ0v) is 11.0. The molecule has 6 nitrogen and oxygen atoms in total. The molecule has 0 aliphatic carbocycles. The number of likely N-dealkylation sites (tertiary alicyclic amines) is 1. The van der Waals surface area contributed by atoms with E-state index < -0.39 is 6.10 Å². The number of hydrogen-bond donors (Lipinski definition) is 2. The van der Waals surface area contributed by atoms with Crippen LogP contribution in [0, 0.1) is 5.92 Å². The van der Waals surface area contributed by atoms with Crippen LogP contribution in [-0.2, 0) is 14.3 Å². The maximum Gasteiger partial charge on any atom is 0.223 e. The van der Waals surface area contributed by atoms with Gasteiger partial charge in [0.25, 0.3) is 0 Å². The SMILES string of the molecule is COCC(O)CNC(=O)C1CCN(C(C)=O)CC1. The Balaban J connectivity index is 2.25. The van der Waals surface area contributed by atoms with Crippen LogP contribution in [-0.4, -0.2) is 61.3 Å². The van der Waals surface area contributed by atoms with Crippen molar-refractivity contribution in [3.8, 4) is 0 Å². The number of aliphatic hydroxyl groups is 1. The van der Waals surface area contributed by atoms with Crippen molar-refractivity contribution in [1.29, 1.82) is 0 Å². The highest BCUT2D eigenvalue weighted by molar-refractivity contribution is 5.79. The van der Waals surface area contributed by atoms with Gasteiger partial charge in [0.1, 0.15) is 0 Å². The van der Waals surface area contributed by atoms with Gasteiger partial charge < -0.3 is 20.1 Å². The summed E-state index contributed by atoms with van der Waals surface area (Å²) in [6, 6.07) is 0. The molecule has 0 aromatic heterocycles. The summed E-state index contributed by atoms with van der Waals surface area (Å²) < 4.78 is 4.78. The molecule has 1 rings (SSSR count). The molecule has 1 atom stereocenters. The normalized spacial score (nSPS) is 18.5. The van der Waals surface area contributed by atoms with E-state index in [0.717, 1.165) is 0 Å². The molecule has 1 unspecified atom stereocenters. The first-order valence-corrected chi connectivity index (χ1v) is 6.24. The second-order valence-corrected chi connectivity index (χ2v) is 4.63. The molecule has 1 heterocycles. The summed E-state index contributed by atoms with van der Waals surface area (Å²) in [5, 5.41) is 12.1. The minimum absolute atomic E-state index is 0.0478. The summed E-state index contributed by atoms with van der Waals surface area (Å²) in [5.41, 5.74) is 0. The number of piperidine rings is 1. The van der Waals surface area contributed by atoms with E-state index >= 15 is 0 Å². The van der Waals surface area contributed by atoms with Crippen molar-refractivity contribution in [1.82, 2.24) is 10.2 Å². The Morgan fingerprint density at radius 2 is 2.06 bits per heavy atom. The van der Waals surface area contributed by atoms with E-state index in [0.29, 0.717) is 25.9 Å². The third-order valence-electron chi connectivity index (χ3n) is 3.18. The molecule has 104 valence electrons. The largest absolute Gasteiger partial charge is 0.389 e. The molecule has 0 spiro atoms. The minimum Gasteiger partial charge on any atom is -0.389 e. The predicted molar refractivity (Wildman–Crippen MR) is 65.9 cm³/mol. The van der Waals surface area contributed by atoms with Crippen molar-refractivity contribution >= 4 is 11.8 Å². The quantitative estimate of drug-likeness (QED) is 0.688. The number of amides is 2. The van der Waals surface area contributed by atoms with Gasteiger partial charge in [0.15, 0.2) is 0 Å².